The summed E-state index contributed by atoms with van der Waals surface area (Å²) in [5.41, 5.74) is 0.328. The number of ether oxygens (including phenoxy) is 1. The lowest BCUT2D eigenvalue weighted by molar-refractivity contribution is 0.225. The van der Waals surface area contributed by atoms with Gasteiger partial charge in [-0.15, -0.1) is 0 Å². The van der Waals surface area contributed by atoms with Gasteiger partial charge in [-0.3, -0.25) is 4.98 Å². The van der Waals surface area contributed by atoms with Crippen molar-refractivity contribution in [2.24, 2.45) is 0 Å². The first-order valence-corrected chi connectivity index (χ1v) is 7.02. The van der Waals surface area contributed by atoms with Gasteiger partial charge in [0.25, 0.3) is 0 Å². The summed E-state index contributed by atoms with van der Waals surface area (Å²) in [5, 5.41) is 9.56. The van der Waals surface area contributed by atoms with Crippen LogP contribution in [0, 0.1) is 11.3 Å². The average molecular weight is 301 g/mol. The van der Waals surface area contributed by atoms with E-state index in [4.69, 9.17) is 21.6 Å². The van der Waals surface area contributed by atoms with Crippen LogP contribution in [-0.4, -0.2) is 29.2 Å². The summed E-state index contributed by atoms with van der Waals surface area (Å²) in [5.74, 6) is 1.53. The minimum atomic E-state index is 0.0960. The van der Waals surface area contributed by atoms with Gasteiger partial charge >= 0.3 is 0 Å². The average Bonchev–Trinajstić information content (AvgIpc) is 2.98. The van der Waals surface area contributed by atoms with Crippen molar-refractivity contribution in [2.75, 3.05) is 18.0 Å². The number of hydrogen-bond donors (Lipinski definition) is 0. The van der Waals surface area contributed by atoms with Gasteiger partial charge in [0, 0.05) is 18.0 Å². The lowest BCUT2D eigenvalue weighted by Crippen LogP contribution is -2.25. The minimum absolute atomic E-state index is 0.0960. The van der Waals surface area contributed by atoms with E-state index in [0.29, 0.717) is 10.7 Å². The Morgan fingerprint density at radius 2 is 2.10 bits per heavy atom. The van der Waals surface area contributed by atoms with Crippen LogP contribution in [0.2, 0.25) is 5.02 Å². The summed E-state index contributed by atoms with van der Waals surface area (Å²) in [6.45, 7) is 1.56. The summed E-state index contributed by atoms with van der Waals surface area (Å²) >= 11 is 5.85. The Morgan fingerprint density at radius 1 is 1.29 bits per heavy atom. The molecule has 1 aliphatic heterocycles. The first-order chi connectivity index (χ1) is 10.2. The second-order valence-corrected chi connectivity index (χ2v) is 5.24. The second-order valence-electron chi connectivity index (χ2n) is 4.80. The smallest absolute Gasteiger partial charge is 0.161 e. The van der Waals surface area contributed by atoms with Crippen molar-refractivity contribution >= 4 is 17.4 Å². The molecule has 2 aromatic rings. The molecule has 1 aliphatic rings. The third kappa shape index (κ3) is 3.23. The number of rotatable bonds is 3. The topological polar surface area (TPSA) is 62.0 Å². The summed E-state index contributed by atoms with van der Waals surface area (Å²) in [6, 6.07) is 9.35. The largest absolute Gasteiger partial charge is 0.489 e. The van der Waals surface area contributed by atoms with Crippen LogP contribution >= 0.6 is 11.6 Å². The molecule has 0 bridgehead atoms. The lowest BCUT2D eigenvalue weighted by atomic mass is 10.3. The third-order valence-corrected chi connectivity index (χ3v) is 3.57. The van der Waals surface area contributed by atoms with Gasteiger partial charge in [-0.2, -0.15) is 5.26 Å². The van der Waals surface area contributed by atoms with Crippen LogP contribution in [0.1, 0.15) is 12.1 Å². The maximum atomic E-state index is 8.87. The van der Waals surface area contributed by atoms with Crippen LogP contribution in [-0.2, 0) is 0 Å². The highest BCUT2D eigenvalue weighted by Gasteiger charge is 2.25. The van der Waals surface area contributed by atoms with Crippen molar-refractivity contribution in [1.29, 1.82) is 5.26 Å². The molecule has 1 aromatic heterocycles. The molecule has 1 aromatic carbocycles. The fourth-order valence-electron chi connectivity index (χ4n) is 2.30. The Hall–Kier alpha value is -2.32. The molecular formula is C15H13ClN4O. The molecule has 0 aliphatic carbocycles. The van der Waals surface area contributed by atoms with Crippen molar-refractivity contribution in [3.8, 4) is 11.8 Å². The first-order valence-electron chi connectivity index (χ1n) is 6.64. The lowest BCUT2D eigenvalue weighted by Gasteiger charge is -2.17. The van der Waals surface area contributed by atoms with Crippen LogP contribution in [0.15, 0.2) is 36.7 Å². The SMILES string of the molecule is N#Cc1cncc(N2CC[C@H](Oc3ccc(Cl)cc3)C2)n1. The van der Waals surface area contributed by atoms with Crippen LogP contribution in [0.5, 0.6) is 5.75 Å². The maximum Gasteiger partial charge on any atom is 0.161 e. The normalized spacial score (nSPS) is 17.5. The van der Waals surface area contributed by atoms with Crippen LogP contribution in [0.3, 0.4) is 0 Å². The summed E-state index contributed by atoms with van der Waals surface area (Å²) in [7, 11) is 0. The highest BCUT2D eigenvalue weighted by atomic mass is 35.5. The van der Waals surface area contributed by atoms with Crippen molar-refractivity contribution in [3.63, 3.8) is 0 Å². The van der Waals surface area contributed by atoms with Gasteiger partial charge in [-0.05, 0) is 24.3 Å². The van der Waals surface area contributed by atoms with Gasteiger partial charge in [-0.25, -0.2) is 4.98 Å². The van der Waals surface area contributed by atoms with Crippen LogP contribution in [0.4, 0.5) is 5.82 Å². The van der Waals surface area contributed by atoms with E-state index in [0.717, 1.165) is 31.1 Å². The molecule has 2 heterocycles. The van der Waals surface area contributed by atoms with Crippen molar-refractivity contribution in [1.82, 2.24) is 9.97 Å². The molecule has 0 amide bonds. The summed E-state index contributed by atoms with van der Waals surface area (Å²) < 4.78 is 5.93. The molecule has 0 spiro atoms. The van der Waals surface area contributed by atoms with Gasteiger partial charge in [0.2, 0.25) is 0 Å². The Labute approximate surface area is 127 Å². The molecule has 0 N–H and O–H groups in total. The number of anilines is 1. The molecule has 1 fully saturated rings. The van der Waals surface area contributed by atoms with E-state index in [2.05, 4.69) is 14.9 Å². The highest BCUT2D eigenvalue weighted by Crippen LogP contribution is 2.23. The van der Waals surface area contributed by atoms with Crippen molar-refractivity contribution < 1.29 is 4.74 Å². The quantitative estimate of drug-likeness (QED) is 0.872. The van der Waals surface area contributed by atoms with Gasteiger partial charge in [-0.1, -0.05) is 11.6 Å². The number of nitrogens with zero attached hydrogens (tertiary/aromatic N) is 4. The van der Waals surface area contributed by atoms with Gasteiger partial charge in [0.05, 0.1) is 18.9 Å². The molecule has 0 saturated carbocycles. The van der Waals surface area contributed by atoms with Crippen LogP contribution in [0.25, 0.3) is 0 Å². The number of aromatic nitrogens is 2. The maximum absolute atomic E-state index is 8.87. The van der Waals surface area contributed by atoms with Crippen molar-refractivity contribution in [2.45, 2.75) is 12.5 Å². The van der Waals surface area contributed by atoms with E-state index in [1.54, 1.807) is 6.20 Å². The summed E-state index contributed by atoms with van der Waals surface area (Å²) in [6.07, 6.45) is 4.13. The summed E-state index contributed by atoms with van der Waals surface area (Å²) in [4.78, 5) is 10.4. The second kappa shape index (κ2) is 5.98. The van der Waals surface area contributed by atoms with Gasteiger partial charge in [0.15, 0.2) is 5.69 Å². The Morgan fingerprint density at radius 3 is 2.86 bits per heavy atom. The molecule has 3 rings (SSSR count). The zero-order valence-corrected chi connectivity index (χ0v) is 12.0. The predicted molar refractivity (Wildman–Crippen MR) is 79.4 cm³/mol. The highest BCUT2D eigenvalue weighted by molar-refractivity contribution is 6.30. The standard InChI is InChI=1S/C15H13ClN4O/c16-11-1-3-13(4-2-11)21-14-5-6-20(10-14)15-9-18-8-12(7-17)19-15/h1-4,8-9,14H,5-6,10H2/t14-/m0/s1. The molecule has 106 valence electrons. The van der Waals surface area contributed by atoms with E-state index in [1.807, 2.05) is 30.3 Å². The van der Waals surface area contributed by atoms with E-state index in [-0.39, 0.29) is 6.10 Å². The fraction of sp³-hybridized carbons (Fsp3) is 0.267. The molecule has 6 heteroatoms. The first kappa shape index (κ1) is 13.7. The van der Waals surface area contributed by atoms with E-state index in [1.165, 1.54) is 6.20 Å². The molecule has 0 unspecified atom stereocenters. The fourth-order valence-corrected chi connectivity index (χ4v) is 2.43. The predicted octanol–water partition coefficient (Wildman–Crippen LogP) is 2.66. The van der Waals surface area contributed by atoms with Crippen molar-refractivity contribution in [3.05, 3.63) is 47.4 Å². The minimum Gasteiger partial charge on any atom is -0.489 e. The molecule has 5 nitrogen and oxygen atoms in total. The molecule has 21 heavy (non-hydrogen) atoms. The van der Waals surface area contributed by atoms with E-state index >= 15 is 0 Å². The number of nitriles is 1. The number of hydrogen-bond acceptors (Lipinski definition) is 5. The third-order valence-electron chi connectivity index (χ3n) is 3.32. The van der Waals surface area contributed by atoms with E-state index in [9.17, 15) is 0 Å². The Balaban J connectivity index is 1.65. The monoisotopic (exact) mass is 300 g/mol. The zero-order valence-electron chi connectivity index (χ0n) is 11.2. The zero-order chi connectivity index (χ0) is 14.7. The Kier molecular flexibility index (Phi) is 3.89. The molecule has 0 radical (unpaired) electrons. The number of benzene rings is 1. The van der Waals surface area contributed by atoms with Gasteiger partial charge < -0.3 is 9.64 Å². The molecule has 1 atom stereocenters. The molecular weight excluding hydrogens is 288 g/mol. The molecule has 1 saturated heterocycles. The Bertz CT molecular complexity index is 668. The number of halogens is 1. The van der Waals surface area contributed by atoms with Crippen LogP contribution < -0.4 is 9.64 Å². The van der Waals surface area contributed by atoms with E-state index < -0.39 is 0 Å². The van der Waals surface area contributed by atoms with Gasteiger partial charge in [0.1, 0.15) is 23.7 Å².